The highest BCUT2D eigenvalue weighted by atomic mass is 16.5. The first-order chi connectivity index (χ1) is 8.68. The molecule has 0 aliphatic carbocycles. The van der Waals surface area contributed by atoms with E-state index in [0.29, 0.717) is 11.8 Å². The van der Waals surface area contributed by atoms with E-state index in [1.807, 2.05) is 6.07 Å². The van der Waals surface area contributed by atoms with E-state index in [0.717, 1.165) is 30.5 Å². The molecule has 18 heavy (non-hydrogen) atoms. The van der Waals surface area contributed by atoms with Crippen LogP contribution in [0.2, 0.25) is 0 Å². The monoisotopic (exact) mass is 244 g/mol. The maximum atomic E-state index is 5.80. The zero-order chi connectivity index (χ0) is 13.0. The zero-order valence-electron chi connectivity index (χ0n) is 11.0. The van der Waals surface area contributed by atoms with Crippen molar-refractivity contribution < 1.29 is 4.52 Å². The van der Waals surface area contributed by atoms with Crippen molar-refractivity contribution in [3.8, 4) is 0 Å². The number of aryl methyl sites for hydroxylation is 2. The Labute approximate surface area is 108 Å². The van der Waals surface area contributed by atoms with Gasteiger partial charge in [0.25, 0.3) is 0 Å². The van der Waals surface area contributed by atoms with Crippen molar-refractivity contribution in [3.05, 3.63) is 47.2 Å². The molecule has 1 heterocycles. The third-order valence-corrected chi connectivity index (χ3v) is 3.13. The highest BCUT2D eigenvalue weighted by Gasteiger charge is 2.16. The van der Waals surface area contributed by atoms with Crippen LogP contribution >= 0.6 is 0 Å². The minimum Gasteiger partial charge on any atom is -0.367 e. The summed E-state index contributed by atoms with van der Waals surface area (Å²) in [5.41, 5.74) is 9.24. The summed E-state index contributed by atoms with van der Waals surface area (Å²) in [7, 11) is 0. The molecule has 1 aromatic carbocycles. The second-order valence-electron chi connectivity index (χ2n) is 4.90. The number of anilines is 1. The number of hydrogen-bond acceptors (Lipinski definition) is 3. The Morgan fingerprint density at radius 2 is 1.89 bits per heavy atom. The van der Waals surface area contributed by atoms with E-state index in [2.05, 4.69) is 43.3 Å². The van der Waals surface area contributed by atoms with Crippen molar-refractivity contribution in [3.63, 3.8) is 0 Å². The van der Waals surface area contributed by atoms with Crippen LogP contribution < -0.4 is 5.73 Å². The SMILES string of the molecule is CC(C)c1c(CCCc2ccccc2)noc1N. The molecule has 96 valence electrons. The Hall–Kier alpha value is -1.77. The fourth-order valence-electron chi connectivity index (χ4n) is 2.25. The van der Waals surface area contributed by atoms with Gasteiger partial charge in [-0.05, 0) is 30.7 Å². The Morgan fingerprint density at radius 3 is 2.56 bits per heavy atom. The van der Waals surface area contributed by atoms with Crippen LogP contribution in [-0.2, 0) is 12.8 Å². The van der Waals surface area contributed by atoms with Crippen LogP contribution in [-0.4, -0.2) is 5.16 Å². The standard InChI is InChI=1S/C15H20N2O/c1-11(2)14-13(17-18-15(14)16)10-6-9-12-7-4-3-5-8-12/h3-5,7-8,11H,6,9-10,16H2,1-2H3. The van der Waals surface area contributed by atoms with Gasteiger partial charge in [0.2, 0.25) is 5.88 Å². The van der Waals surface area contributed by atoms with Gasteiger partial charge in [-0.25, -0.2) is 0 Å². The predicted octanol–water partition coefficient (Wildman–Crippen LogP) is 3.56. The third kappa shape index (κ3) is 2.92. The molecular formula is C15H20N2O. The molecule has 2 N–H and O–H groups in total. The second kappa shape index (κ2) is 5.71. The fraction of sp³-hybridized carbons (Fsp3) is 0.400. The van der Waals surface area contributed by atoms with Gasteiger partial charge in [-0.1, -0.05) is 49.3 Å². The van der Waals surface area contributed by atoms with Crippen LogP contribution in [0.15, 0.2) is 34.9 Å². The van der Waals surface area contributed by atoms with E-state index in [9.17, 15) is 0 Å². The van der Waals surface area contributed by atoms with E-state index < -0.39 is 0 Å². The average molecular weight is 244 g/mol. The number of nitrogens with two attached hydrogens (primary N) is 1. The van der Waals surface area contributed by atoms with E-state index in [1.165, 1.54) is 5.56 Å². The van der Waals surface area contributed by atoms with Gasteiger partial charge in [0.05, 0.1) is 5.69 Å². The molecule has 0 fully saturated rings. The topological polar surface area (TPSA) is 52.0 Å². The molecule has 0 saturated heterocycles. The van der Waals surface area contributed by atoms with Crippen molar-refractivity contribution in [2.75, 3.05) is 5.73 Å². The molecule has 2 aromatic rings. The van der Waals surface area contributed by atoms with Crippen LogP contribution in [0, 0.1) is 0 Å². The largest absolute Gasteiger partial charge is 0.367 e. The minimum atomic E-state index is 0.364. The van der Waals surface area contributed by atoms with E-state index in [1.54, 1.807) is 0 Å². The first-order valence-electron chi connectivity index (χ1n) is 6.46. The summed E-state index contributed by atoms with van der Waals surface area (Å²) >= 11 is 0. The lowest BCUT2D eigenvalue weighted by Gasteiger charge is -2.05. The summed E-state index contributed by atoms with van der Waals surface area (Å²) in [5.74, 6) is 0.836. The van der Waals surface area contributed by atoms with Crippen LogP contribution in [0.5, 0.6) is 0 Å². The van der Waals surface area contributed by atoms with Gasteiger partial charge >= 0.3 is 0 Å². The van der Waals surface area contributed by atoms with Crippen molar-refractivity contribution in [2.45, 2.75) is 39.0 Å². The molecule has 0 spiro atoms. The van der Waals surface area contributed by atoms with E-state index >= 15 is 0 Å². The van der Waals surface area contributed by atoms with Gasteiger partial charge in [-0.15, -0.1) is 0 Å². The number of nitrogens with zero attached hydrogens (tertiary/aromatic N) is 1. The smallest absolute Gasteiger partial charge is 0.225 e. The molecule has 0 aliphatic rings. The normalized spacial score (nSPS) is 11.1. The van der Waals surface area contributed by atoms with E-state index in [-0.39, 0.29) is 0 Å². The molecule has 0 saturated carbocycles. The maximum Gasteiger partial charge on any atom is 0.225 e. The number of benzene rings is 1. The van der Waals surface area contributed by atoms with Crippen molar-refractivity contribution in [1.82, 2.24) is 5.16 Å². The highest BCUT2D eigenvalue weighted by molar-refractivity contribution is 5.41. The number of hydrogen-bond donors (Lipinski definition) is 1. The minimum absolute atomic E-state index is 0.364. The second-order valence-corrected chi connectivity index (χ2v) is 4.90. The van der Waals surface area contributed by atoms with Crippen molar-refractivity contribution in [2.24, 2.45) is 0 Å². The van der Waals surface area contributed by atoms with Gasteiger partial charge in [-0.2, -0.15) is 0 Å². The summed E-state index contributed by atoms with van der Waals surface area (Å²) < 4.78 is 5.09. The molecule has 1 aromatic heterocycles. The van der Waals surface area contributed by atoms with E-state index in [4.69, 9.17) is 10.3 Å². The molecule has 0 amide bonds. The van der Waals surface area contributed by atoms with Gasteiger partial charge in [0.15, 0.2) is 0 Å². The maximum absolute atomic E-state index is 5.80. The number of nitrogen functional groups attached to an aromatic ring is 1. The van der Waals surface area contributed by atoms with Gasteiger partial charge in [0, 0.05) is 5.56 Å². The molecular weight excluding hydrogens is 224 g/mol. The van der Waals surface area contributed by atoms with Crippen LogP contribution in [0.4, 0.5) is 5.88 Å². The van der Waals surface area contributed by atoms with Crippen molar-refractivity contribution >= 4 is 5.88 Å². The average Bonchev–Trinajstić information content (AvgIpc) is 2.72. The summed E-state index contributed by atoms with van der Waals surface area (Å²) in [6, 6.07) is 10.5. The Morgan fingerprint density at radius 1 is 1.17 bits per heavy atom. The summed E-state index contributed by atoms with van der Waals surface area (Å²) in [4.78, 5) is 0. The Bertz CT molecular complexity index is 488. The summed E-state index contributed by atoms with van der Waals surface area (Å²) in [6.07, 6.45) is 3.05. The van der Waals surface area contributed by atoms with Gasteiger partial charge in [0.1, 0.15) is 0 Å². The third-order valence-electron chi connectivity index (χ3n) is 3.13. The molecule has 2 rings (SSSR count). The fourth-order valence-corrected chi connectivity index (χ4v) is 2.25. The first-order valence-corrected chi connectivity index (χ1v) is 6.46. The van der Waals surface area contributed by atoms with Gasteiger partial charge < -0.3 is 10.3 Å². The summed E-state index contributed by atoms with van der Waals surface area (Å²) in [5, 5.41) is 4.07. The molecule has 0 atom stereocenters. The van der Waals surface area contributed by atoms with Crippen LogP contribution in [0.3, 0.4) is 0 Å². The lowest BCUT2D eigenvalue weighted by molar-refractivity contribution is 0.426. The lowest BCUT2D eigenvalue weighted by atomic mass is 9.99. The molecule has 0 bridgehead atoms. The molecule has 3 heteroatoms. The molecule has 0 unspecified atom stereocenters. The highest BCUT2D eigenvalue weighted by Crippen LogP contribution is 2.26. The molecule has 0 aliphatic heterocycles. The first kappa shape index (κ1) is 12.7. The predicted molar refractivity (Wildman–Crippen MR) is 73.5 cm³/mol. The number of rotatable bonds is 5. The quantitative estimate of drug-likeness (QED) is 0.875. The van der Waals surface area contributed by atoms with Gasteiger partial charge in [-0.3, -0.25) is 0 Å². The summed E-state index contributed by atoms with van der Waals surface area (Å²) in [6.45, 7) is 4.23. The zero-order valence-corrected chi connectivity index (χ0v) is 11.0. The number of aromatic nitrogens is 1. The lowest BCUT2D eigenvalue weighted by Crippen LogP contribution is -1.98. The van der Waals surface area contributed by atoms with Crippen LogP contribution in [0.25, 0.3) is 0 Å². The molecule has 0 radical (unpaired) electrons. The Kier molecular flexibility index (Phi) is 4.03. The molecule has 3 nitrogen and oxygen atoms in total. The van der Waals surface area contributed by atoms with Crippen LogP contribution in [0.1, 0.15) is 43.0 Å². The Balaban J connectivity index is 1.95. The van der Waals surface area contributed by atoms with Crippen molar-refractivity contribution in [1.29, 1.82) is 0 Å².